The van der Waals surface area contributed by atoms with Gasteiger partial charge in [0.2, 0.25) is 0 Å². The number of rotatable bonds is 6. The largest absolute Gasteiger partial charge is 0.486 e. The van der Waals surface area contributed by atoms with Crippen LogP contribution in [-0.2, 0) is 0 Å². The molecule has 0 aliphatic carbocycles. The van der Waals surface area contributed by atoms with Crippen LogP contribution in [0.3, 0.4) is 0 Å². The number of aromatic nitrogens is 1. The monoisotopic (exact) mass is 384 g/mol. The van der Waals surface area contributed by atoms with Crippen molar-refractivity contribution in [3.8, 4) is 5.75 Å². The lowest BCUT2D eigenvalue weighted by Crippen LogP contribution is -2.53. The van der Waals surface area contributed by atoms with Gasteiger partial charge in [-0.1, -0.05) is 0 Å². The number of anilines is 1. The van der Waals surface area contributed by atoms with Gasteiger partial charge in [-0.05, 0) is 53.7 Å². The minimum absolute atomic E-state index is 0.171. The molecule has 0 atom stereocenters. The highest BCUT2D eigenvalue weighted by atomic mass is 19.3. The first-order valence-electron chi connectivity index (χ1n) is 9.57. The zero-order valence-electron chi connectivity index (χ0n) is 17.5. The van der Waals surface area contributed by atoms with Gasteiger partial charge >= 0.3 is 0 Å². The first-order valence-corrected chi connectivity index (χ1v) is 9.57. The third-order valence-corrected chi connectivity index (χ3v) is 4.60. The molecular weight excluding hydrogens is 350 g/mol. The third kappa shape index (κ3) is 7.22. The molecule has 0 saturated carbocycles. The maximum Gasteiger partial charge on any atom is 0.293 e. The van der Waals surface area contributed by atoms with E-state index in [2.05, 4.69) is 40.9 Å². The number of nitrogens with one attached hydrogen (secondary N) is 1. The van der Waals surface area contributed by atoms with E-state index in [1.165, 1.54) is 6.20 Å². The van der Waals surface area contributed by atoms with Crippen molar-refractivity contribution in [3.05, 3.63) is 18.3 Å². The number of hydrogen-bond donors (Lipinski definition) is 1. The van der Waals surface area contributed by atoms with E-state index < -0.39 is 19.1 Å². The zero-order chi connectivity index (χ0) is 20.3. The summed E-state index contributed by atoms with van der Waals surface area (Å²) in [5.74, 6) is -1.71. The highest BCUT2D eigenvalue weighted by Crippen LogP contribution is 2.22. The average Bonchev–Trinajstić information content (AvgIpc) is 2.58. The van der Waals surface area contributed by atoms with Crippen molar-refractivity contribution in [1.82, 2.24) is 15.2 Å². The van der Waals surface area contributed by atoms with Crippen LogP contribution < -0.4 is 15.0 Å². The van der Waals surface area contributed by atoms with Crippen LogP contribution in [0.5, 0.6) is 5.75 Å². The molecule has 0 bridgehead atoms. The Morgan fingerprint density at radius 1 is 1.04 bits per heavy atom. The van der Waals surface area contributed by atoms with Gasteiger partial charge in [-0.25, -0.2) is 13.8 Å². The zero-order valence-corrected chi connectivity index (χ0v) is 17.5. The van der Waals surface area contributed by atoms with Crippen LogP contribution in [-0.4, -0.2) is 66.2 Å². The van der Waals surface area contributed by atoms with E-state index >= 15 is 0 Å². The molecule has 5 nitrogen and oxygen atoms in total. The Labute approximate surface area is 162 Å². The van der Waals surface area contributed by atoms with E-state index in [0.29, 0.717) is 5.75 Å². The molecule has 0 unspecified atom stereocenters. The summed E-state index contributed by atoms with van der Waals surface area (Å²) in [5.41, 5.74) is -0.187. The van der Waals surface area contributed by atoms with Gasteiger partial charge in [0, 0.05) is 37.3 Å². The van der Waals surface area contributed by atoms with Crippen molar-refractivity contribution < 1.29 is 13.5 Å². The minimum atomic E-state index is -2.94. The summed E-state index contributed by atoms with van der Waals surface area (Å²) in [5, 5.41) is 2.81. The molecule has 1 aliphatic heterocycles. The molecule has 0 amide bonds. The van der Waals surface area contributed by atoms with Crippen molar-refractivity contribution in [2.45, 2.75) is 58.5 Å². The molecule has 7 heteroatoms. The fourth-order valence-electron chi connectivity index (χ4n) is 2.89. The molecule has 0 radical (unpaired) electrons. The number of pyridine rings is 1. The number of ether oxygens (including phenoxy) is 1. The minimum Gasteiger partial charge on any atom is -0.486 e. The van der Waals surface area contributed by atoms with E-state index in [1.807, 2.05) is 26.8 Å². The third-order valence-electron chi connectivity index (χ3n) is 4.60. The van der Waals surface area contributed by atoms with Gasteiger partial charge in [0.05, 0.1) is 12.7 Å². The highest BCUT2D eigenvalue weighted by Gasteiger charge is 2.31. The fourth-order valence-corrected chi connectivity index (χ4v) is 2.89. The molecular formula is C20H34F2N4O. The summed E-state index contributed by atoms with van der Waals surface area (Å²) in [6.45, 7) is 14.9. The van der Waals surface area contributed by atoms with Gasteiger partial charge in [-0.2, -0.15) is 0 Å². The summed E-state index contributed by atoms with van der Waals surface area (Å²) in [7, 11) is 0. The maximum atomic E-state index is 13.9. The lowest BCUT2D eigenvalue weighted by Gasteiger charge is -2.42. The van der Waals surface area contributed by atoms with Gasteiger partial charge in [0.15, 0.2) is 6.61 Å². The molecule has 0 aromatic carbocycles. The Hall–Kier alpha value is -1.47. The van der Waals surface area contributed by atoms with E-state index in [-0.39, 0.29) is 11.1 Å². The van der Waals surface area contributed by atoms with Gasteiger partial charge in [-0.15, -0.1) is 0 Å². The van der Waals surface area contributed by atoms with E-state index in [1.54, 1.807) is 6.07 Å². The predicted molar refractivity (Wildman–Crippen MR) is 106 cm³/mol. The lowest BCUT2D eigenvalue weighted by atomic mass is 10.1. The number of nitrogens with zero attached hydrogens (tertiary/aromatic N) is 3. The Balaban J connectivity index is 1.83. The molecule has 2 rings (SSSR count). The first-order chi connectivity index (χ1) is 12.4. The van der Waals surface area contributed by atoms with Crippen molar-refractivity contribution in [2.75, 3.05) is 44.2 Å². The second kappa shape index (κ2) is 8.27. The average molecular weight is 385 g/mol. The van der Waals surface area contributed by atoms with E-state index in [4.69, 9.17) is 4.74 Å². The van der Waals surface area contributed by atoms with Gasteiger partial charge in [-0.3, -0.25) is 4.90 Å². The Bertz CT molecular complexity index is 585. The molecule has 1 aliphatic rings. The molecule has 154 valence electrons. The number of hydrogen-bond acceptors (Lipinski definition) is 5. The Morgan fingerprint density at radius 2 is 1.67 bits per heavy atom. The summed E-state index contributed by atoms with van der Waals surface area (Å²) < 4.78 is 33.1. The molecule has 1 fully saturated rings. The quantitative estimate of drug-likeness (QED) is 0.814. The molecule has 1 aromatic rings. The normalized spacial score (nSPS) is 17.3. The van der Waals surface area contributed by atoms with Gasteiger partial charge in [0.1, 0.15) is 11.6 Å². The summed E-state index contributed by atoms with van der Waals surface area (Å²) in [4.78, 5) is 9.07. The van der Waals surface area contributed by atoms with Crippen molar-refractivity contribution in [3.63, 3.8) is 0 Å². The fraction of sp³-hybridized carbons (Fsp3) is 0.750. The van der Waals surface area contributed by atoms with Crippen molar-refractivity contribution in [1.29, 1.82) is 0 Å². The second-order valence-corrected chi connectivity index (χ2v) is 9.25. The molecule has 1 N–H and O–H groups in total. The van der Waals surface area contributed by atoms with Crippen LogP contribution in [0.2, 0.25) is 0 Å². The van der Waals surface area contributed by atoms with Crippen LogP contribution in [0, 0.1) is 0 Å². The number of alkyl halides is 2. The van der Waals surface area contributed by atoms with Gasteiger partial charge in [0.25, 0.3) is 5.92 Å². The predicted octanol–water partition coefficient (Wildman–Crippen LogP) is 3.40. The molecule has 27 heavy (non-hydrogen) atoms. The smallest absolute Gasteiger partial charge is 0.293 e. The van der Waals surface area contributed by atoms with Crippen LogP contribution in [0.4, 0.5) is 14.6 Å². The van der Waals surface area contributed by atoms with Crippen LogP contribution in [0.25, 0.3) is 0 Å². The second-order valence-electron chi connectivity index (χ2n) is 9.25. The summed E-state index contributed by atoms with van der Waals surface area (Å²) in [6.07, 6.45) is 1.53. The molecule has 1 saturated heterocycles. The Kier molecular flexibility index (Phi) is 6.68. The lowest BCUT2D eigenvalue weighted by molar-refractivity contribution is -0.0429. The maximum absolute atomic E-state index is 13.9. The Morgan fingerprint density at radius 3 is 2.15 bits per heavy atom. The van der Waals surface area contributed by atoms with Crippen molar-refractivity contribution >= 4 is 5.82 Å². The summed E-state index contributed by atoms with van der Waals surface area (Å²) >= 11 is 0. The molecule has 0 spiro atoms. The van der Waals surface area contributed by atoms with Crippen LogP contribution in [0.15, 0.2) is 18.3 Å². The van der Waals surface area contributed by atoms with E-state index in [0.717, 1.165) is 32.0 Å². The van der Waals surface area contributed by atoms with Gasteiger partial charge < -0.3 is 15.0 Å². The topological polar surface area (TPSA) is 40.6 Å². The molecule has 1 aromatic heterocycles. The van der Waals surface area contributed by atoms with Crippen molar-refractivity contribution in [2.24, 2.45) is 0 Å². The SMILES string of the molecule is CC(C)(C)NCC(F)(F)COc1ccc(N2CCN(C(C)(C)C)CC2)nc1. The number of piperazine rings is 1. The molecule has 2 heterocycles. The highest BCUT2D eigenvalue weighted by molar-refractivity contribution is 5.41. The van der Waals surface area contributed by atoms with E-state index in [9.17, 15) is 8.78 Å². The summed E-state index contributed by atoms with van der Waals surface area (Å²) in [6, 6.07) is 3.55. The number of halogens is 2. The van der Waals surface area contributed by atoms with Crippen LogP contribution in [0.1, 0.15) is 41.5 Å². The van der Waals surface area contributed by atoms with Crippen LogP contribution >= 0.6 is 0 Å². The first kappa shape index (κ1) is 21.8. The standard InChI is InChI=1S/C20H34F2N4O/c1-18(2,3)24-14-20(21,22)15-27-16-7-8-17(23-13-16)25-9-11-26(12-10-25)19(4,5)6/h7-8,13,24H,9-12,14-15H2,1-6H3.